The summed E-state index contributed by atoms with van der Waals surface area (Å²) in [7, 11) is 3.59. The van der Waals surface area contributed by atoms with Crippen LogP contribution in [0.15, 0.2) is 30.6 Å². The van der Waals surface area contributed by atoms with E-state index >= 15 is 0 Å². The Hall–Kier alpha value is -2.38. The smallest absolute Gasteiger partial charge is 0.246 e. The summed E-state index contributed by atoms with van der Waals surface area (Å²) in [6.07, 6.45) is 5.54. The molecule has 26 heavy (non-hydrogen) atoms. The van der Waals surface area contributed by atoms with Crippen LogP contribution in [0, 0.1) is 6.92 Å². The van der Waals surface area contributed by atoms with E-state index in [-0.39, 0.29) is 12.0 Å². The second-order valence-corrected chi connectivity index (χ2v) is 6.57. The van der Waals surface area contributed by atoms with E-state index in [1.807, 2.05) is 38.4 Å². The minimum absolute atomic E-state index is 0.127. The maximum atomic E-state index is 12.6. The van der Waals surface area contributed by atoms with Gasteiger partial charge in [-0.05, 0) is 37.7 Å². The summed E-state index contributed by atoms with van der Waals surface area (Å²) < 4.78 is 13.1. The topological polar surface area (TPSA) is 77.4 Å². The SMILES string of the molecule is CNC(C(=O)Nc1ccc(OC2CCOCC2)c(C)c1)c1cnn(C)c1. The number of hydrogen-bond acceptors (Lipinski definition) is 5. The van der Waals surface area contributed by atoms with Crippen molar-refractivity contribution in [2.24, 2.45) is 7.05 Å². The molecule has 1 aromatic carbocycles. The third-order valence-electron chi connectivity index (χ3n) is 4.51. The minimum atomic E-state index is -0.456. The second kappa shape index (κ2) is 8.33. The zero-order chi connectivity index (χ0) is 18.5. The van der Waals surface area contributed by atoms with Crippen molar-refractivity contribution in [3.8, 4) is 5.75 Å². The van der Waals surface area contributed by atoms with E-state index in [2.05, 4.69) is 15.7 Å². The molecule has 1 aliphatic rings. The highest BCUT2D eigenvalue weighted by molar-refractivity contribution is 5.95. The van der Waals surface area contributed by atoms with Gasteiger partial charge >= 0.3 is 0 Å². The molecule has 0 spiro atoms. The van der Waals surface area contributed by atoms with Gasteiger partial charge in [0.15, 0.2) is 0 Å². The number of benzene rings is 1. The molecule has 2 heterocycles. The molecule has 1 atom stereocenters. The molecule has 1 aromatic heterocycles. The number of ether oxygens (including phenoxy) is 2. The first-order valence-electron chi connectivity index (χ1n) is 8.88. The number of carbonyl (C=O) groups excluding carboxylic acids is 1. The van der Waals surface area contributed by atoms with Crippen molar-refractivity contribution in [2.45, 2.75) is 31.9 Å². The largest absolute Gasteiger partial charge is 0.490 e. The number of carbonyl (C=O) groups is 1. The normalized spacial score (nSPS) is 16.3. The predicted molar refractivity (Wildman–Crippen MR) is 99.3 cm³/mol. The minimum Gasteiger partial charge on any atom is -0.490 e. The first-order valence-corrected chi connectivity index (χ1v) is 8.88. The molecule has 0 bridgehead atoms. The first-order chi connectivity index (χ1) is 12.6. The third kappa shape index (κ3) is 4.42. The summed E-state index contributed by atoms with van der Waals surface area (Å²) >= 11 is 0. The van der Waals surface area contributed by atoms with E-state index in [4.69, 9.17) is 9.47 Å². The van der Waals surface area contributed by atoms with Gasteiger partial charge in [-0.2, -0.15) is 5.10 Å². The fourth-order valence-corrected chi connectivity index (χ4v) is 3.09. The van der Waals surface area contributed by atoms with Gasteiger partial charge in [0.2, 0.25) is 5.91 Å². The average Bonchev–Trinajstić information content (AvgIpc) is 3.05. The van der Waals surface area contributed by atoms with Gasteiger partial charge in [-0.25, -0.2) is 0 Å². The van der Waals surface area contributed by atoms with Gasteiger partial charge in [0.05, 0.1) is 19.4 Å². The highest BCUT2D eigenvalue weighted by Crippen LogP contribution is 2.26. The van der Waals surface area contributed by atoms with Crippen molar-refractivity contribution in [1.82, 2.24) is 15.1 Å². The molecule has 1 fully saturated rings. The molecule has 140 valence electrons. The monoisotopic (exact) mass is 358 g/mol. The number of rotatable bonds is 6. The van der Waals surface area contributed by atoms with Crippen LogP contribution in [-0.2, 0) is 16.6 Å². The fourth-order valence-electron chi connectivity index (χ4n) is 3.09. The molecule has 2 N–H and O–H groups in total. The quantitative estimate of drug-likeness (QED) is 0.828. The lowest BCUT2D eigenvalue weighted by Gasteiger charge is -2.24. The maximum Gasteiger partial charge on any atom is 0.246 e. The Labute approximate surface area is 153 Å². The summed E-state index contributed by atoms with van der Waals surface area (Å²) in [5.41, 5.74) is 2.57. The summed E-state index contributed by atoms with van der Waals surface area (Å²) in [5.74, 6) is 0.727. The van der Waals surface area contributed by atoms with Crippen LogP contribution in [0.1, 0.15) is 30.0 Å². The van der Waals surface area contributed by atoms with Gasteiger partial charge in [0.25, 0.3) is 0 Å². The number of aryl methyl sites for hydroxylation is 2. The van der Waals surface area contributed by atoms with E-state index in [9.17, 15) is 4.79 Å². The molecule has 1 unspecified atom stereocenters. The van der Waals surface area contributed by atoms with Gasteiger partial charge in [-0.1, -0.05) is 0 Å². The summed E-state index contributed by atoms with van der Waals surface area (Å²) in [4.78, 5) is 12.6. The van der Waals surface area contributed by atoms with Crippen LogP contribution in [0.25, 0.3) is 0 Å². The molecule has 1 aliphatic heterocycles. The number of likely N-dealkylation sites (N-methyl/N-ethyl adjacent to an activating group) is 1. The van der Waals surface area contributed by atoms with E-state index in [0.717, 1.165) is 48.6 Å². The first kappa shape index (κ1) is 18.4. The molecular weight excluding hydrogens is 332 g/mol. The number of aromatic nitrogens is 2. The lowest BCUT2D eigenvalue weighted by atomic mass is 10.1. The predicted octanol–water partition coefficient (Wildman–Crippen LogP) is 2.19. The molecule has 1 saturated heterocycles. The van der Waals surface area contributed by atoms with Crippen LogP contribution in [-0.4, -0.2) is 42.1 Å². The Balaban J connectivity index is 1.65. The van der Waals surface area contributed by atoms with Crippen LogP contribution in [0.4, 0.5) is 5.69 Å². The summed E-state index contributed by atoms with van der Waals surface area (Å²) in [6, 6.07) is 5.26. The van der Waals surface area contributed by atoms with Gasteiger partial charge < -0.3 is 20.1 Å². The zero-order valence-electron chi connectivity index (χ0n) is 15.5. The van der Waals surface area contributed by atoms with Gasteiger partial charge in [-0.15, -0.1) is 0 Å². The van der Waals surface area contributed by atoms with Crippen molar-refractivity contribution in [3.05, 3.63) is 41.7 Å². The number of nitrogens with zero attached hydrogens (tertiary/aromatic N) is 2. The molecule has 2 aromatic rings. The maximum absolute atomic E-state index is 12.6. The van der Waals surface area contributed by atoms with Gasteiger partial charge in [-0.3, -0.25) is 9.48 Å². The summed E-state index contributed by atoms with van der Waals surface area (Å²) in [5, 5.41) is 10.1. The van der Waals surface area contributed by atoms with E-state index < -0.39 is 6.04 Å². The van der Waals surface area contributed by atoms with Crippen LogP contribution in [0.2, 0.25) is 0 Å². The van der Waals surface area contributed by atoms with E-state index in [1.54, 1.807) is 17.9 Å². The molecule has 7 heteroatoms. The molecule has 0 radical (unpaired) electrons. The Bertz CT molecular complexity index is 753. The Morgan fingerprint density at radius 3 is 2.77 bits per heavy atom. The number of amides is 1. The van der Waals surface area contributed by atoms with E-state index in [1.165, 1.54) is 0 Å². The summed E-state index contributed by atoms with van der Waals surface area (Å²) in [6.45, 7) is 3.48. The van der Waals surface area contributed by atoms with Crippen LogP contribution in [0.3, 0.4) is 0 Å². The van der Waals surface area contributed by atoms with Crippen LogP contribution < -0.4 is 15.4 Å². The lowest BCUT2D eigenvalue weighted by Crippen LogP contribution is -2.30. The number of anilines is 1. The molecule has 0 aliphatic carbocycles. The van der Waals surface area contributed by atoms with Gasteiger partial charge in [0.1, 0.15) is 17.9 Å². The van der Waals surface area contributed by atoms with Crippen LogP contribution >= 0.6 is 0 Å². The lowest BCUT2D eigenvalue weighted by molar-refractivity contribution is -0.118. The fraction of sp³-hybridized carbons (Fsp3) is 0.474. The van der Waals surface area contributed by atoms with Crippen LogP contribution in [0.5, 0.6) is 5.75 Å². The van der Waals surface area contributed by atoms with Crippen molar-refractivity contribution in [3.63, 3.8) is 0 Å². The Kier molecular flexibility index (Phi) is 5.90. The van der Waals surface area contributed by atoms with Crippen molar-refractivity contribution in [2.75, 3.05) is 25.6 Å². The Morgan fingerprint density at radius 2 is 2.15 bits per heavy atom. The standard InChI is InChI=1S/C19H26N4O3/c1-13-10-15(4-5-17(13)26-16-6-8-25-9-7-16)22-19(24)18(20-2)14-11-21-23(3)12-14/h4-5,10-12,16,18,20H,6-9H2,1-3H3,(H,22,24). The average molecular weight is 358 g/mol. The molecule has 7 nitrogen and oxygen atoms in total. The van der Waals surface area contributed by atoms with E-state index in [0.29, 0.717) is 0 Å². The van der Waals surface area contributed by atoms with Crippen molar-refractivity contribution in [1.29, 1.82) is 0 Å². The third-order valence-corrected chi connectivity index (χ3v) is 4.51. The second-order valence-electron chi connectivity index (χ2n) is 6.57. The van der Waals surface area contributed by atoms with Crippen molar-refractivity contribution >= 4 is 11.6 Å². The number of nitrogens with one attached hydrogen (secondary N) is 2. The number of hydrogen-bond donors (Lipinski definition) is 2. The zero-order valence-corrected chi connectivity index (χ0v) is 15.5. The molecule has 3 rings (SSSR count). The molecular formula is C19H26N4O3. The highest BCUT2D eigenvalue weighted by atomic mass is 16.5. The Morgan fingerprint density at radius 1 is 1.38 bits per heavy atom. The molecule has 0 saturated carbocycles. The van der Waals surface area contributed by atoms with Crippen molar-refractivity contribution < 1.29 is 14.3 Å². The molecule has 1 amide bonds. The van der Waals surface area contributed by atoms with Gasteiger partial charge in [0, 0.05) is 37.3 Å². The highest BCUT2D eigenvalue weighted by Gasteiger charge is 2.21.